The maximum absolute atomic E-state index is 12.2. The minimum absolute atomic E-state index is 0.0874. The van der Waals surface area contributed by atoms with E-state index < -0.39 is 17.2 Å². The van der Waals surface area contributed by atoms with E-state index >= 15 is 0 Å². The van der Waals surface area contributed by atoms with E-state index in [1.165, 1.54) is 10.6 Å². The van der Waals surface area contributed by atoms with Crippen LogP contribution in [-0.2, 0) is 6.54 Å². The number of aryl methyl sites for hydroxylation is 1. The summed E-state index contributed by atoms with van der Waals surface area (Å²) < 4.78 is 1.30. The Balaban J connectivity index is 2.47. The van der Waals surface area contributed by atoms with Crippen molar-refractivity contribution < 1.29 is 9.90 Å². The molecule has 0 bridgehead atoms. The molecule has 2 N–H and O–H groups in total. The fourth-order valence-electron chi connectivity index (χ4n) is 2.63. The van der Waals surface area contributed by atoms with E-state index in [1.54, 1.807) is 24.3 Å². The second-order valence-corrected chi connectivity index (χ2v) is 5.34. The zero-order chi connectivity index (χ0) is 17.3. The fraction of sp³-hybridized carbons (Fsp3) is 0.176. The molecule has 0 spiro atoms. The number of aromatic carboxylic acids is 1. The Morgan fingerprint density at radius 2 is 1.96 bits per heavy atom. The average molecular weight is 325 g/mol. The van der Waals surface area contributed by atoms with E-state index in [4.69, 9.17) is 0 Å². The summed E-state index contributed by atoms with van der Waals surface area (Å²) in [5, 5.41) is 9.41. The highest BCUT2D eigenvalue weighted by Gasteiger charge is 2.19. The second kappa shape index (κ2) is 6.11. The van der Waals surface area contributed by atoms with Crippen molar-refractivity contribution in [2.75, 3.05) is 0 Å². The first-order valence-electron chi connectivity index (χ1n) is 7.49. The first-order valence-corrected chi connectivity index (χ1v) is 7.49. The lowest BCUT2D eigenvalue weighted by molar-refractivity contribution is 0.0699. The number of carboxylic acid groups (broad SMARTS) is 1. The molecule has 0 aliphatic heterocycles. The summed E-state index contributed by atoms with van der Waals surface area (Å²) in [6.07, 6.45) is 0.640. The predicted octanol–water partition coefficient (Wildman–Crippen LogP) is 1.86. The third kappa shape index (κ3) is 2.60. The summed E-state index contributed by atoms with van der Waals surface area (Å²) in [5.74, 6) is -1.24. The Morgan fingerprint density at radius 1 is 1.25 bits per heavy atom. The Labute approximate surface area is 136 Å². The number of fused-ring (bicyclic) bond motifs is 1. The number of pyridine rings is 1. The predicted molar refractivity (Wildman–Crippen MR) is 89.3 cm³/mol. The lowest BCUT2D eigenvalue weighted by atomic mass is 10.1. The van der Waals surface area contributed by atoms with Gasteiger partial charge in [-0.05, 0) is 12.5 Å². The van der Waals surface area contributed by atoms with Crippen LogP contribution < -0.4 is 11.2 Å². The second-order valence-electron chi connectivity index (χ2n) is 5.34. The van der Waals surface area contributed by atoms with Crippen LogP contribution in [0.3, 0.4) is 0 Å². The SMILES string of the molecule is CCCn1c(=O)[nH]c(=O)c2c(C(=O)O)cc(-c3ccccc3)nc21. The maximum Gasteiger partial charge on any atom is 0.336 e. The third-order valence-corrected chi connectivity index (χ3v) is 3.70. The van der Waals surface area contributed by atoms with Gasteiger partial charge >= 0.3 is 11.7 Å². The Morgan fingerprint density at radius 3 is 2.58 bits per heavy atom. The number of hydrogen-bond donors (Lipinski definition) is 2. The van der Waals surface area contributed by atoms with Crippen LogP contribution in [0, 0.1) is 0 Å². The number of H-pyrrole nitrogens is 1. The van der Waals surface area contributed by atoms with Crippen LogP contribution >= 0.6 is 0 Å². The molecule has 0 aliphatic rings. The molecule has 3 rings (SSSR count). The van der Waals surface area contributed by atoms with Crippen molar-refractivity contribution in [3.63, 3.8) is 0 Å². The van der Waals surface area contributed by atoms with Gasteiger partial charge in [0.25, 0.3) is 5.56 Å². The Kier molecular flexibility index (Phi) is 3.99. The zero-order valence-corrected chi connectivity index (χ0v) is 12.9. The molecule has 122 valence electrons. The molecule has 0 amide bonds. The monoisotopic (exact) mass is 325 g/mol. The minimum Gasteiger partial charge on any atom is -0.478 e. The van der Waals surface area contributed by atoms with E-state index in [9.17, 15) is 19.5 Å². The summed E-state index contributed by atoms with van der Waals surface area (Å²) in [7, 11) is 0. The molecule has 2 aromatic heterocycles. The lowest BCUT2D eigenvalue weighted by Gasteiger charge is -2.11. The quantitative estimate of drug-likeness (QED) is 0.762. The lowest BCUT2D eigenvalue weighted by Crippen LogP contribution is -2.32. The van der Waals surface area contributed by atoms with Crippen molar-refractivity contribution in [1.29, 1.82) is 0 Å². The molecule has 0 saturated carbocycles. The molecule has 7 heteroatoms. The van der Waals surface area contributed by atoms with Gasteiger partial charge in [-0.25, -0.2) is 14.6 Å². The van der Waals surface area contributed by atoms with E-state index in [0.29, 0.717) is 24.2 Å². The number of aromatic amines is 1. The van der Waals surface area contributed by atoms with Gasteiger partial charge in [0.1, 0.15) is 0 Å². The minimum atomic E-state index is -1.24. The van der Waals surface area contributed by atoms with Crippen LogP contribution in [0.4, 0.5) is 0 Å². The average Bonchev–Trinajstić information content (AvgIpc) is 2.58. The van der Waals surface area contributed by atoms with Gasteiger partial charge in [-0.15, -0.1) is 0 Å². The van der Waals surface area contributed by atoms with E-state index in [-0.39, 0.29) is 16.6 Å². The topological polar surface area (TPSA) is 105 Å². The largest absolute Gasteiger partial charge is 0.478 e. The Bertz CT molecular complexity index is 1040. The number of hydrogen-bond acceptors (Lipinski definition) is 4. The molecule has 0 fully saturated rings. The van der Waals surface area contributed by atoms with Crippen LogP contribution in [-0.4, -0.2) is 25.6 Å². The highest BCUT2D eigenvalue weighted by Crippen LogP contribution is 2.22. The first kappa shape index (κ1) is 15.7. The standard InChI is InChI=1S/C17H15N3O4/c1-2-8-20-14-13(15(21)19-17(20)24)11(16(22)23)9-12(18-14)10-6-4-3-5-7-10/h3-7,9H,2,8H2,1H3,(H,22,23)(H,19,21,24). The number of nitrogens with zero attached hydrogens (tertiary/aromatic N) is 2. The molecule has 0 radical (unpaired) electrons. The number of carboxylic acids is 1. The van der Waals surface area contributed by atoms with Gasteiger partial charge in [-0.2, -0.15) is 0 Å². The van der Waals surface area contributed by atoms with Crippen molar-refractivity contribution in [2.24, 2.45) is 0 Å². The third-order valence-electron chi connectivity index (χ3n) is 3.70. The first-order chi connectivity index (χ1) is 11.5. The molecule has 3 aromatic rings. The zero-order valence-electron chi connectivity index (χ0n) is 12.9. The molecule has 0 unspecified atom stereocenters. The number of benzene rings is 1. The summed E-state index contributed by atoms with van der Waals surface area (Å²) in [6.45, 7) is 2.21. The number of carbonyl (C=O) groups is 1. The van der Waals surface area contributed by atoms with Crippen LogP contribution in [0.15, 0.2) is 46.0 Å². The Hall–Kier alpha value is -3.22. The van der Waals surface area contributed by atoms with Crippen molar-refractivity contribution >= 4 is 17.0 Å². The molecule has 0 atom stereocenters. The van der Waals surface area contributed by atoms with Crippen molar-refractivity contribution in [3.8, 4) is 11.3 Å². The van der Waals surface area contributed by atoms with Crippen molar-refractivity contribution in [2.45, 2.75) is 19.9 Å². The van der Waals surface area contributed by atoms with Gasteiger partial charge < -0.3 is 5.11 Å². The number of rotatable bonds is 4. The van der Waals surface area contributed by atoms with Crippen molar-refractivity contribution in [1.82, 2.24) is 14.5 Å². The fourth-order valence-corrected chi connectivity index (χ4v) is 2.63. The molecular weight excluding hydrogens is 310 g/mol. The molecule has 7 nitrogen and oxygen atoms in total. The van der Waals surface area contributed by atoms with Gasteiger partial charge in [0, 0.05) is 12.1 Å². The molecule has 1 aromatic carbocycles. The van der Waals surface area contributed by atoms with Crippen LogP contribution in [0.5, 0.6) is 0 Å². The summed E-state index contributed by atoms with van der Waals surface area (Å²) in [6, 6.07) is 10.4. The highest BCUT2D eigenvalue weighted by atomic mass is 16.4. The smallest absolute Gasteiger partial charge is 0.336 e. The van der Waals surface area contributed by atoms with Gasteiger partial charge in [-0.3, -0.25) is 14.3 Å². The van der Waals surface area contributed by atoms with E-state index in [1.807, 2.05) is 13.0 Å². The highest BCUT2D eigenvalue weighted by molar-refractivity contribution is 6.02. The molecule has 24 heavy (non-hydrogen) atoms. The normalized spacial score (nSPS) is 10.9. The van der Waals surface area contributed by atoms with Crippen LogP contribution in [0.1, 0.15) is 23.7 Å². The van der Waals surface area contributed by atoms with Gasteiger partial charge in [0.05, 0.1) is 16.6 Å². The number of nitrogens with one attached hydrogen (secondary N) is 1. The van der Waals surface area contributed by atoms with Crippen molar-refractivity contribution in [3.05, 3.63) is 62.8 Å². The number of aromatic nitrogens is 3. The van der Waals surface area contributed by atoms with E-state index in [0.717, 1.165) is 0 Å². The van der Waals surface area contributed by atoms with Gasteiger partial charge in [0.15, 0.2) is 5.65 Å². The van der Waals surface area contributed by atoms with Gasteiger partial charge in [-0.1, -0.05) is 37.3 Å². The van der Waals surface area contributed by atoms with Crippen LogP contribution in [0.2, 0.25) is 0 Å². The molecule has 2 heterocycles. The molecular formula is C17H15N3O4. The summed E-state index contributed by atoms with van der Waals surface area (Å²) in [4.78, 5) is 42.5. The summed E-state index contributed by atoms with van der Waals surface area (Å²) in [5.41, 5.74) is -0.322. The summed E-state index contributed by atoms with van der Waals surface area (Å²) >= 11 is 0. The van der Waals surface area contributed by atoms with Gasteiger partial charge in [0.2, 0.25) is 0 Å². The van der Waals surface area contributed by atoms with Crippen LogP contribution in [0.25, 0.3) is 22.3 Å². The molecule has 0 saturated heterocycles. The van der Waals surface area contributed by atoms with E-state index in [2.05, 4.69) is 9.97 Å². The maximum atomic E-state index is 12.2. The molecule has 0 aliphatic carbocycles.